The van der Waals surface area contributed by atoms with Gasteiger partial charge in [0.05, 0.1) is 19.2 Å². The van der Waals surface area contributed by atoms with Gasteiger partial charge in [-0.05, 0) is 27.7 Å². The minimum Gasteiger partial charge on any atom is -0.444 e. The maximum absolute atomic E-state index is 13.0. The molecule has 27 heavy (non-hydrogen) atoms. The lowest BCUT2D eigenvalue weighted by molar-refractivity contribution is -0.185. The molecule has 0 aromatic carbocycles. The van der Waals surface area contributed by atoms with Gasteiger partial charge < -0.3 is 30.3 Å². The number of ether oxygens (including phenoxy) is 1. The van der Waals surface area contributed by atoms with Gasteiger partial charge in [-0.2, -0.15) is 0 Å². The smallest absolute Gasteiger partial charge is 0.410 e. The van der Waals surface area contributed by atoms with Crippen LogP contribution in [0.15, 0.2) is 0 Å². The van der Waals surface area contributed by atoms with Gasteiger partial charge in [-0.3, -0.25) is 14.4 Å². The van der Waals surface area contributed by atoms with Gasteiger partial charge in [0.2, 0.25) is 11.8 Å². The predicted octanol–water partition coefficient (Wildman–Crippen LogP) is -1.10. The Hall–Kier alpha value is -2.36. The summed E-state index contributed by atoms with van der Waals surface area (Å²) in [6.07, 6.45) is -1.72. The summed E-state index contributed by atoms with van der Waals surface area (Å²) in [5, 5.41) is 9.81. The lowest BCUT2D eigenvalue weighted by Crippen LogP contribution is -2.83. The van der Waals surface area contributed by atoms with E-state index in [1.165, 1.54) is 23.6 Å². The zero-order valence-electron chi connectivity index (χ0n) is 16.4. The van der Waals surface area contributed by atoms with Crippen LogP contribution in [0.3, 0.4) is 0 Å². The topological polar surface area (TPSA) is 133 Å². The van der Waals surface area contributed by atoms with Crippen molar-refractivity contribution in [3.05, 3.63) is 0 Å². The summed E-state index contributed by atoms with van der Waals surface area (Å²) in [6.45, 7) is 8.30. The fourth-order valence-electron chi connectivity index (χ4n) is 3.65. The molecule has 10 nitrogen and oxygen atoms in total. The number of hydrogen-bond donors (Lipinski definition) is 2. The summed E-state index contributed by atoms with van der Waals surface area (Å²) in [4.78, 5) is 53.1. The number of carbonyl (C=O) groups excluding carboxylic acids is 4. The maximum atomic E-state index is 13.0. The lowest BCUT2D eigenvalue weighted by Gasteiger charge is -2.59. The van der Waals surface area contributed by atoms with Gasteiger partial charge in [0, 0.05) is 20.0 Å². The van der Waals surface area contributed by atoms with Crippen LogP contribution in [0.5, 0.6) is 0 Å². The molecule has 2 fully saturated rings. The SMILES string of the molecule is CC(=O)N1CCN(C(=O)OC(C)(C)C)CC12CN([C@H](C(N)=O)[C@@H](C)O)C2=O. The molecule has 0 saturated carbocycles. The van der Waals surface area contributed by atoms with E-state index in [-0.39, 0.29) is 32.1 Å². The Labute approximate surface area is 158 Å². The van der Waals surface area contributed by atoms with E-state index in [0.717, 1.165) is 4.90 Å². The highest BCUT2D eigenvalue weighted by molar-refractivity contribution is 6.00. The molecule has 0 radical (unpaired) electrons. The highest BCUT2D eigenvalue weighted by atomic mass is 16.6. The van der Waals surface area contributed by atoms with E-state index in [1.807, 2.05) is 0 Å². The van der Waals surface area contributed by atoms with Crippen molar-refractivity contribution in [3.63, 3.8) is 0 Å². The Morgan fingerprint density at radius 3 is 2.22 bits per heavy atom. The highest BCUT2D eigenvalue weighted by Crippen LogP contribution is 2.36. The molecule has 1 unspecified atom stereocenters. The second-order valence-corrected chi connectivity index (χ2v) is 8.13. The Kier molecular flexibility index (Phi) is 5.42. The molecule has 2 aliphatic rings. The van der Waals surface area contributed by atoms with E-state index >= 15 is 0 Å². The Morgan fingerprint density at radius 2 is 1.81 bits per heavy atom. The number of nitrogens with zero attached hydrogens (tertiary/aromatic N) is 3. The van der Waals surface area contributed by atoms with Crippen molar-refractivity contribution >= 4 is 23.8 Å². The van der Waals surface area contributed by atoms with Crippen LogP contribution in [0.2, 0.25) is 0 Å². The molecule has 3 atom stereocenters. The molecule has 0 aliphatic carbocycles. The van der Waals surface area contributed by atoms with Gasteiger partial charge in [-0.1, -0.05) is 0 Å². The number of piperazine rings is 1. The average Bonchev–Trinajstić information content (AvgIpc) is 2.51. The van der Waals surface area contributed by atoms with Crippen LogP contribution >= 0.6 is 0 Å². The minimum absolute atomic E-state index is 0.00319. The average molecular weight is 384 g/mol. The summed E-state index contributed by atoms with van der Waals surface area (Å²) >= 11 is 0. The molecular formula is C17H28N4O6. The van der Waals surface area contributed by atoms with E-state index in [2.05, 4.69) is 0 Å². The minimum atomic E-state index is -1.27. The van der Waals surface area contributed by atoms with Gasteiger partial charge in [-0.15, -0.1) is 0 Å². The number of hydrogen-bond acceptors (Lipinski definition) is 6. The van der Waals surface area contributed by atoms with Gasteiger partial charge in [0.15, 0.2) is 5.54 Å². The molecule has 3 N–H and O–H groups in total. The molecule has 2 rings (SSSR count). The fraction of sp³-hybridized carbons (Fsp3) is 0.765. The molecule has 1 spiro atoms. The van der Waals surface area contributed by atoms with Crippen molar-refractivity contribution < 1.29 is 29.0 Å². The first-order valence-corrected chi connectivity index (χ1v) is 8.85. The number of aliphatic hydroxyl groups is 1. The second kappa shape index (κ2) is 6.99. The zero-order valence-corrected chi connectivity index (χ0v) is 16.4. The van der Waals surface area contributed by atoms with Crippen LogP contribution < -0.4 is 5.73 Å². The van der Waals surface area contributed by atoms with Crippen molar-refractivity contribution in [3.8, 4) is 0 Å². The first kappa shape index (κ1) is 20.9. The molecular weight excluding hydrogens is 356 g/mol. The number of nitrogens with two attached hydrogens (primary N) is 1. The lowest BCUT2D eigenvalue weighted by atomic mass is 9.81. The molecule has 152 valence electrons. The van der Waals surface area contributed by atoms with E-state index in [9.17, 15) is 24.3 Å². The monoisotopic (exact) mass is 384 g/mol. The first-order chi connectivity index (χ1) is 12.3. The normalized spacial score (nSPS) is 25.1. The van der Waals surface area contributed by atoms with E-state index in [1.54, 1.807) is 20.8 Å². The quantitative estimate of drug-likeness (QED) is 0.594. The number of β-lactam (4-membered cyclic amide) rings is 1. The Balaban J connectivity index is 2.26. The number of rotatable bonds is 3. The first-order valence-electron chi connectivity index (χ1n) is 8.85. The summed E-state index contributed by atoms with van der Waals surface area (Å²) in [6, 6.07) is -1.19. The van der Waals surface area contributed by atoms with Crippen LogP contribution in [0, 0.1) is 0 Å². The molecule has 0 bridgehead atoms. The van der Waals surface area contributed by atoms with Crippen LogP contribution in [0.4, 0.5) is 4.79 Å². The molecule has 0 aromatic heterocycles. The fourth-order valence-corrected chi connectivity index (χ4v) is 3.65. The highest BCUT2D eigenvalue weighted by Gasteiger charge is 2.62. The zero-order chi connectivity index (χ0) is 20.7. The number of amides is 4. The van der Waals surface area contributed by atoms with Gasteiger partial charge in [0.25, 0.3) is 5.91 Å². The van der Waals surface area contributed by atoms with Crippen molar-refractivity contribution in [2.75, 3.05) is 26.2 Å². The standard InChI is InChI=1S/C17H28N4O6/c1-10(22)12(13(18)24)20-9-17(14(20)25)8-19(6-7-21(17)11(2)23)15(26)27-16(3,4)5/h10,12,22H,6-9H2,1-5H3,(H2,18,24)/t10-,12+,17?/m1/s1. The molecule has 2 saturated heterocycles. The summed E-state index contributed by atoms with van der Waals surface area (Å²) in [5.41, 5.74) is 3.34. The predicted molar refractivity (Wildman–Crippen MR) is 94.3 cm³/mol. The largest absolute Gasteiger partial charge is 0.444 e. The van der Waals surface area contributed by atoms with Crippen molar-refractivity contribution in [1.29, 1.82) is 0 Å². The van der Waals surface area contributed by atoms with Crippen LogP contribution in [0.1, 0.15) is 34.6 Å². The summed E-state index contributed by atoms with van der Waals surface area (Å²) < 4.78 is 5.37. The number of primary amides is 1. The number of carbonyl (C=O) groups is 4. The van der Waals surface area contributed by atoms with Crippen molar-refractivity contribution in [2.24, 2.45) is 5.73 Å². The van der Waals surface area contributed by atoms with Gasteiger partial charge in [0.1, 0.15) is 11.6 Å². The maximum Gasteiger partial charge on any atom is 0.410 e. The second-order valence-electron chi connectivity index (χ2n) is 8.13. The number of aliphatic hydroxyl groups excluding tert-OH is 1. The molecule has 10 heteroatoms. The van der Waals surface area contributed by atoms with Crippen LogP contribution in [-0.2, 0) is 19.1 Å². The molecule has 4 amide bonds. The molecule has 2 aliphatic heterocycles. The third-order valence-corrected chi connectivity index (χ3v) is 4.77. The van der Waals surface area contributed by atoms with Gasteiger partial charge in [-0.25, -0.2) is 4.79 Å². The van der Waals surface area contributed by atoms with E-state index in [4.69, 9.17) is 10.5 Å². The molecule has 2 heterocycles. The summed E-state index contributed by atoms with van der Waals surface area (Å²) in [5.74, 6) is -1.66. The van der Waals surface area contributed by atoms with Gasteiger partial charge >= 0.3 is 6.09 Å². The van der Waals surface area contributed by atoms with Crippen molar-refractivity contribution in [2.45, 2.75) is 57.9 Å². The van der Waals surface area contributed by atoms with E-state index < -0.39 is 41.2 Å². The molecule has 0 aromatic rings. The third-order valence-electron chi connectivity index (χ3n) is 4.77. The summed E-state index contributed by atoms with van der Waals surface area (Å²) in [7, 11) is 0. The third kappa shape index (κ3) is 3.85. The van der Waals surface area contributed by atoms with E-state index in [0.29, 0.717) is 0 Å². The van der Waals surface area contributed by atoms with Crippen LogP contribution in [0.25, 0.3) is 0 Å². The van der Waals surface area contributed by atoms with Crippen LogP contribution in [-0.4, -0.2) is 93.1 Å². The Morgan fingerprint density at radius 1 is 1.22 bits per heavy atom. The Bertz CT molecular complexity index is 658. The van der Waals surface area contributed by atoms with Crippen molar-refractivity contribution in [1.82, 2.24) is 14.7 Å². The number of likely N-dealkylation sites (tertiary alicyclic amines) is 1.